The molecule has 0 aliphatic heterocycles. The molecule has 0 saturated carbocycles. The molecule has 0 rings (SSSR count). The molecule has 0 amide bonds. The molecule has 0 heterocycles. The third-order valence-corrected chi connectivity index (χ3v) is 7.96. The van der Waals surface area contributed by atoms with Gasteiger partial charge in [0.05, 0.1) is 40.3 Å². The van der Waals surface area contributed by atoms with Crippen LogP contribution in [-0.4, -0.2) is 75.5 Å². The normalized spacial score (nSPS) is 13.5. The van der Waals surface area contributed by atoms with Crippen LogP contribution >= 0.6 is 0 Å². The van der Waals surface area contributed by atoms with Crippen molar-refractivity contribution in [2.75, 3.05) is 41.0 Å². The Kier molecular flexibility index (Phi) is 29.2. The predicted octanol–water partition coefficient (Wildman–Crippen LogP) is 7.79. The van der Waals surface area contributed by atoms with E-state index in [0.29, 0.717) is 12.8 Å². The molecule has 0 aromatic heterocycles. The second kappa shape index (κ2) is 30.9. The van der Waals surface area contributed by atoms with Crippen molar-refractivity contribution in [3.05, 3.63) is 36.5 Å². The Morgan fingerprint density at radius 2 is 1.13 bits per heavy atom. The Morgan fingerprint density at radius 3 is 1.68 bits per heavy atom. The summed E-state index contributed by atoms with van der Waals surface area (Å²) in [6, 6.07) is -0.727. The summed E-state index contributed by atoms with van der Waals surface area (Å²) < 4.78 is 17.0. The maximum atomic E-state index is 12.6. The number of carboxylic acids is 1. The number of hydrogen-bond acceptors (Lipinski definition) is 7. The molecule has 0 fully saturated rings. The molecule has 0 aliphatic rings. The second-order valence-electron chi connectivity index (χ2n) is 13.4. The summed E-state index contributed by atoms with van der Waals surface area (Å²) in [5, 5.41) is 11.6. The van der Waals surface area contributed by atoms with Gasteiger partial charge in [-0.2, -0.15) is 0 Å². The number of carbonyl (C=O) groups excluding carboxylic acids is 3. The van der Waals surface area contributed by atoms with E-state index < -0.39 is 18.1 Å². The Balaban J connectivity index is 4.48. The van der Waals surface area contributed by atoms with Gasteiger partial charge >= 0.3 is 11.9 Å². The van der Waals surface area contributed by atoms with Crippen molar-refractivity contribution < 1.29 is 38.2 Å². The lowest BCUT2D eigenvalue weighted by atomic mass is 10.1. The van der Waals surface area contributed by atoms with Gasteiger partial charge in [-0.05, 0) is 57.8 Å². The Bertz CT molecular complexity index is 875. The highest BCUT2D eigenvalue weighted by Gasteiger charge is 2.25. The van der Waals surface area contributed by atoms with E-state index in [-0.39, 0.29) is 42.7 Å². The zero-order chi connectivity index (χ0) is 35.0. The van der Waals surface area contributed by atoms with E-state index >= 15 is 0 Å². The number of carboxylic acid groups (broad SMARTS) is 1. The van der Waals surface area contributed by atoms with Crippen LogP contribution in [0.5, 0.6) is 0 Å². The van der Waals surface area contributed by atoms with Crippen LogP contribution in [-0.2, 0) is 28.6 Å². The molecule has 2 atom stereocenters. The third kappa shape index (κ3) is 29.4. The van der Waals surface area contributed by atoms with Gasteiger partial charge in [-0.3, -0.25) is 9.59 Å². The minimum Gasteiger partial charge on any atom is -0.544 e. The molecule has 0 spiro atoms. The zero-order valence-corrected chi connectivity index (χ0v) is 30.7. The zero-order valence-electron chi connectivity index (χ0n) is 30.7. The Morgan fingerprint density at radius 1 is 0.638 bits per heavy atom. The number of rotatable bonds is 32. The van der Waals surface area contributed by atoms with Crippen molar-refractivity contribution in [2.45, 2.75) is 154 Å². The van der Waals surface area contributed by atoms with Gasteiger partial charge in [0.1, 0.15) is 12.6 Å². The molecule has 8 nitrogen and oxygen atoms in total. The van der Waals surface area contributed by atoms with Crippen LogP contribution in [0, 0.1) is 0 Å². The van der Waals surface area contributed by atoms with E-state index in [4.69, 9.17) is 14.2 Å². The van der Waals surface area contributed by atoms with Crippen LogP contribution in [0.3, 0.4) is 0 Å². The minimum absolute atomic E-state index is 0.0323. The van der Waals surface area contributed by atoms with Gasteiger partial charge in [0.2, 0.25) is 0 Å². The van der Waals surface area contributed by atoms with Crippen molar-refractivity contribution in [1.82, 2.24) is 0 Å². The summed E-state index contributed by atoms with van der Waals surface area (Å²) >= 11 is 0. The second-order valence-corrected chi connectivity index (χ2v) is 13.4. The summed E-state index contributed by atoms with van der Waals surface area (Å²) in [6.07, 6.45) is 31.7. The van der Waals surface area contributed by atoms with Crippen LogP contribution in [0.15, 0.2) is 36.5 Å². The molecule has 0 aromatic carbocycles. The average Bonchev–Trinajstić information content (AvgIpc) is 3.01. The lowest BCUT2D eigenvalue weighted by molar-refractivity contribution is -0.889. The number of quaternary nitrogens is 1. The van der Waals surface area contributed by atoms with Gasteiger partial charge in [-0.1, -0.05) is 102 Å². The quantitative estimate of drug-likeness (QED) is 0.0313. The predicted molar refractivity (Wildman–Crippen MR) is 190 cm³/mol. The molecule has 47 heavy (non-hydrogen) atoms. The number of unbranched alkanes of at least 4 members (excludes halogenated alkanes) is 12. The molecule has 2 unspecified atom stereocenters. The first kappa shape index (κ1) is 44.5. The first-order valence-corrected chi connectivity index (χ1v) is 18.5. The van der Waals surface area contributed by atoms with Gasteiger partial charge in [0.15, 0.2) is 6.10 Å². The maximum Gasteiger partial charge on any atom is 0.306 e. The standard InChI is InChI=1S/C39H69NO7/c1-6-8-10-12-14-16-18-19-20-22-24-26-28-30-38(42)47-35(33-45-32-31-36(39(43)44)40(3,4)5)34-46-37(41)29-27-25-23-21-17-15-13-11-9-7-2/h10-13,16,18,35-36H,6-9,14-15,17,19-34H2,1-5H3/b12-10-,13-11-,18-16-. The van der Waals surface area contributed by atoms with Gasteiger partial charge < -0.3 is 28.6 Å². The summed E-state index contributed by atoms with van der Waals surface area (Å²) in [5.41, 5.74) is 0. The van der Waals surface area contributed by atoms with Gasteiger partial charge in [-0.25, -0.2) is 0 Å². The fraction of sp³-hybridized carbons (Fsp3) is 0.769. The number of nitrogens with zero attached hydrogens (tertiary/aromatic N) is 1. The highest BCUT2D eigenvalue weighted by Crippen LogP contribution is 2.12. The molecule has 272 valence electrons. The van der Waals surface area contributed by atoms with Crippen molar-refractivity contribution in [2.24, 2.45) is 0 Å². The number of ether oxygens (including phenoxy) is 3. The van der Waals surface area contributed by atoms with E-state index in [1.165, 1.54) is 19.3 Å². The van der Waals surface area contributed by atoms with Crippen molar-refractivity contribution in [1.29, 1.82) is 0 Å². The minimum atomic E-state index is -1.13. The first-order valence-electron chi connectivity index (χ1n) is 18.5. The molecule has 0 aliphatic carbocycles. The third-order valence-electron chi connectivity index (χ3n) is 7.96. The molecule has 0 N–H and O–H groups in total. The summed E-state index contributed by atoms with van der Waals surface area (Å²) in [4.78, 5) is 36.5. The molecular weight excluding hydrogens is 594 g/mol. The molecule has 0 saturated heterocycles. The Labute approximate surface area is 287 Å². The SMILES string of the molecule is CCC/C=C\C/C=C\CCCCCCCC(=O)OC(COCCC(C(=O)[O-])[N+](C)(C)C)COC(=O)CCCCCCC/C=C\CCC. The molecule has 0 bridgehead atoms. The van der Waals surface area contributed by atoms with E-state index in [9.17, 15) is 19.5 Å². The van der Waals surface area contributed by atoms with E-state index in [2.05, 4.69) is 50.3 Å². The number of allylic oxidation sites excluding steroid dienone is 6. The van der Waals surface area contributed by atoms with E-state index in [1.807, 2.05) is 0 Å². The van der Waals surface area contributed by atoms with Crippen LogP contribution in [0.25, 0.3) is 0 Å². The summed E-state index contributed by atoms with van der Waals surface area (Å²) in [6.45, 7) is 4.48. The lowest BCUT2D eigenvalue weighted by Crippen LogP contribution is -2.55. The monoisotopic (exact) mass is 664 g/mol. The number of hydrogen-bond donors (Lipinski definition) is 0. The fourth-order valence-electron chi connectivity index (χ4n) is 5.05. The van der Waals surface area contributed by atoms with E-state index in [0.717, 1.165) is 89.9 Å². The van der Waals surface area contributed by atoms with Crippen LogP contribution < -0.4 is 5.11 Å². The van der Waals surface area contributed by atoms with Crippen molar-refractivity contribution in [3.8, 4) is 0 Å². The maximum absolute atomic E-state index is 12.6. The number of likely N-dealkylation sites (N-methyl/N-ethyl adjacent to an activating group) is 1. The fourth-order valence-corrected chi connectivity index (χ4v) is 5.05. The summed E-state index contributed by atoms with van der Waals surface area (Å²) in [5.74, 6) is -1.77. The Hall–Kier alpha value is -2.45. The average molecular weight is 664 g/mol. The van der Waals surface area contributed by atoms with Crippen LogP contribution in [0.1, 0.15) is 142 Å². The van der Waals surface area contributed by atoms with Crippen molar-refractivity contribution >= 4 is 17.9 Å². The van der Waals surface area contributed by atoms with Crippen LogP contribution in [0.4, 0.5) is 0 Å². The molecule has 0 radical (unpaired) electrons. The molecule has 0 aromatic rings. The number of carbonyl (C=O) groups is 3. The number of esters is 2. The topological polar surface area (TPSA) is 102 Å². The van der Waals surface area contributed by atoms with Gasteiger partial charge in [0.25, 0.3) is 0 Å². The first-order chi connectivity index (χ1) is 22.6. The molecule has 8 heteroatoms. The smallest absolute Gasteiger partial charge is 0.306 e. The van der Waals surface area contributed by atoms with E-state index in [1.54, 1.807) is 21.1 Å². The number of aliphatic carboxylic acids is 1. The molecular formula is C39H69NO7. The highest BCUT2D eigenvalue weighted by atomic mass is 16.6. The van der Waals surface area contributed by atoms with Gasteiger partial charge in [-0.15, -0.1) is 0 Å². The van der Waals surface area contributed by atoms with Gasteiger partial charge in [0, 0.05) is 19.3 Å². The van der Waals surface area contributed by atoms with Crippen LogP contribution in [0.2, 0.25) is 0 Å². The lowest BCUT2D eigenvalue weighted by Gasteiger charge is -2.34. The highest BCUT2D eigenvalue weighted by molar-refractivity contribution is 5.70. The largest absolute Gasteiger partial charge is 0.544 e. The summed E-state index contributed by atoms with van der Waals surface area (Å²) in [7, 11) is 5.38. The van der Waals surface area contributed by atoms with Crippen molar-refractivity contribution in [3.63, 3.8) is 0 Å².